The minimum Gasteiger partial charge on any atom is -0.473 e. The Hall–Kier alpha value is -3.13. The van der Waals surface area contributed by atoms with Crippen LogP contribution in [0.5, 0.6) is 0 Å². The van der Waals surface area contributed by atoms with Crippen molar-refractivity contribution in [1.82, 2.24) is 0 Å². The molecule has 4 aliphatic rings. The van der Waals surface area contributed by atoms with E-state index in [0.29, 0.717) is 11.8 Å². The van der Waals surface area contributed by atoms with E-state index in [1.165, 1.54) is 22.3 Å². The summed E-state index contributed by atoms with van der Waals surface area (Å²) in [7, 11) is 0. The smallest absolute Gasteiger partial charge is 0.211 e. The highest BCUT2D eigenvalue weighted by atomic mass is 16.5. The maximum atomic E-state index is 9.79. The van der Waals surface area contributed by atoms with Crippen molar-refractivity contribution in [2.45, 2.75) is 37.1 Å². The van der Waals surface area contributed by atoms with Gasteiger partial charge in [-0.15, -0.1) is 0 Å². The molecule has 2 aromatic carbocycles. The number of fused-ring (bicyclic) bond motifs is 6. The molecule has 4 atom stereocenters. The number of rotatable bonds is 2. The molecule has 0 saturated heterocycles. The average molecular weight is 355 g/mol. The molecule has 2 aliphatic heterocycles. The van der Waals surface area contributed by atoms with Crippen molar-refractivity contribution < 1.29 is 9.47 Å². The normalized spacial score (nSPS) is 29.0. The maximum absolute atomic E-state index is 9.79. The number of hydrogen-bond acceptors (Lipinski definition) is 5. The lowest BCUT2D eigenvalue weighted by Crippen LogP contribution is -2.27. The Bertz CT molecular complexity index is 974. The third-order valence-electron chi connectivity index (χ3n) is 5.99. The van der Waals surface area contributed by atoms with Crippen LogP contribution in [0.25, 0.3) is 0 Å². The Kier molecular flexibility index (Phi) is 3.01. The highest BCUT2D eigenvalue weighted by molar-refractivity contribution is 6.04. The standard InChI is InChI=1S/C22H17N3O2/c23-11-16(21-24-19-14-7-3-1-5-12(14)9-17(19)26-21)22-25-20-15-8-4-2-6-13(15)10-18(20)27-22/h1-8,16-20H,9-10H2/t17-,18-,19+,20+/m1/s1. The summed E-state index contributed by atoms with van der Waals surface area (Å²) in [6.45, 7) is 0. The molecule has 0 fully saturated rings. The molecule has 6 rings (SSSR count). The first kappa shape index (κ1) is 15.0. The van der Waals surface area contributed by atoms with Gasteiger partial charge >= 0.3 is 0 Å². The molecule has 2 aliphatic carbocycles. The van der Waals surface area contributed by atoms with E-state index in [0.717, 1.165) is 12.8 Å². The zero-order valence-electron chi connectivity index (χ0n) is 14.6. The van der Waals surface area contributed by atoms with E-state index >= 15 is 0 Å². The summed E-state index contributed by atoms with van der Waals surface area (Å²) in [6.07, 6.45) is 1.63. The Morgan fingerprint density at radius 1 is 0.815 bits per heavy atom. The summed E-state index contributed by atoms with van der Waals surface area (Å²) in [6, 6.07) is 18.8. The molecule has 27 heavy (non-hydrogen) atoms. The van der Waals surface area contributed by atoms with E-state index in [4.69, 9.17) is 19.5 Å². The van der Waals surface area contributed by atoms with Gasteiger partial charge in [-0.05, 0) is 22.3 Å². The summed E-state index contributed by atoms with van der Waals surface area (Å²) in [5.41, 5.74) is 4.97. The number of nitrogens with zero attached hydrogens (tertiary/aromatic N) is 3. The van der Waals surface area contributed by atoms with Crippen LogP contribution in [0.1, 0.15) is 34.3 Å². The van der Waals surface area contributed by atoms with Gasteiger partial charge in [0.05, 0.1) is 6.07 Å². The molecule has 132 valence electrons. The molecule has 0 spiro atoms. The number of aliphatic imine (C=N–C) groups is 2. The first-order valence-corrected chi connectivity index (χ1v) is 9.36. The first-order chi connectivity index (χ1) is 13.3. The zero-order chi connectivity index (χ0) is 18.0. The van der Waals surface area contributed by atoms with Crippen molar-refractivity contribution in [3.8, 4) is 6.07 Å². The van der Waals surface area contributed by atoms with Crippen molar-refractivity contribution in [1.29, 1.82) is 5.26 Å². The molecule has 0 radical (unpaired) electrons. The lowest BCUT2D eigenvalue weighted by molar-refractivity contribution is 0.187. The van der Waals surface area contributed by atoms with Gasteiger partial charge in [-0.3, -0.25) is 0 Å². The van der Waals surface area contributed by atoms with E-state index in [2.05, 4.69) is 30.3 Å². The van der Waals surface area contributed by atoms with Gasteiger partial charge in [0.25, 0.3) is 0 Å². The lowest BCUT2D eigenvalue weighted by atomic mass is 10.1. The number of ether oxygens (including phenoxy) is 2. The van der Waals surface area contributed by atoms with E-state index in [9.17, 15) is 5.26 Å². The Morgan fingerprint density at radius 2 is 1.30 bits per heavy atom. The van der Waals surface area contributed by atoms with Crippen LogP contribution in [0, 0.1) is 17.2 Å². The van der Waals surface area contributed by atoms with Crippen LogP contribution in [0.2, 0.25) is 0 Å². The fraction of sp³-hybridized carbons (Fsp3) is 0.318. The quantitative estimate of drug-likeness (QED) is 0.830. The van der Waals surface area contributed by atoms with E-state index in [-0.39, 0.29) is 24.3 Å². The highest BCUT2D eigenvalue weighted by Gasteiger charge is 2.46. The lowest BCUT2D eigenvalue weighted by Gasteiger charge is -2.14. The molecule has 0 amide bonds. The van der Waals surface area contributed by atoms with Crippen LogP contribution in [0.3, 0.4) is 0 Å². The minimum atomic E-state index is -0.666. The van der Waals surface area contributed by atoms with Crippen LogP contribution >= 0.6 is 0 Å². The van der Waals surface area contributed by atoms with Gasteiger partial charge in [-0.25, -0.2) is 9.98 Å². The average Bonchev–Trinajstić information content (AvgIpc) is 3.41. The van der Waals surface area contributed by atoms with Crippen molar-refractivity contribution >= 4 is 11.8 Å². The van der Waals surface area contributed by atoms with E-state index in [1.807, 2.05) is 24.3 Å². The van der Waals surface area contributed by atoms with Gasteiger partial charge in [-0.2, -0.15) is 5.26 Å². The molecule has 0 aromatic heterocycles. The Morgan fingerprint density at radius 3 is 1.78 bits per heavy atom. The fourth-order valence-corrected chi connectivity index (χ4v) is 4.74. The van der Waals surface area contributed by atoms with Crippen LogP contribution in [0.15, 0.2) is 58.5 Å². The molecular weight excluding hydrogens is 338 g/mol. The maximum Gasteiger partial charge on any atom is 0.211 e. The topological polar surface area (TPSA) is 67.0 Å². The van der Waals surface area contributed by atoms with Gasteiger partial charge in [0.15, 0.2) is 5.92 Å². The fourth-order valence-electron chi connectivity index (χ4n) is 4.74. The summed E-state index contributed by atoms with van der Waals surface area (Å²) < 4.78 is 12.2. The number of benzene rings is 2. The van der Waals surface area contributed by atoms with Gasteiger partial charge in [-0.1, -0.05) is 48.5 Å². The molecule has 0 saturated carbocycles. The predicted octanol–water partition coefficient (Wildman–Crippen LogP) is 3.32. The van der Waals surface area contributed by atoms with Crippen molar-refractivity contribution in [3.63, 3.8) is 0 Å². The number of hydrogen-bond donors (Lipinski definition) is 0. The summed E-state index contributed by atoms with van der Waals surface area (Å²) in [5.74, 6) is 0.239. The highest BCUT2D eigenvalue weighted by Crippen LogP contribution is 2.43. The van der Waals surface area contributed by atoms with Crippen molar-refractivity contribution in [3.05, 3.63) is 70.8 Å². The molecule has 2 heterocycles. The van der Waals surface area contributed by atoms with Crippen molar-refractivity contribution in [2.24, 2.45) is 15.9 Å². The molecule has 5 nitrogen and oxygen atoms in total. The zero-order valence-corrected chi connectivity index (χ0v) is 14.6. The summed E-state index contributed by atoms with van der Waals surface area (Å²) in [5, 5.41) is 9.79. The van der Waals surface area contributed by atoms with Crippen LogP contribution in [-0.4, -0.2) is 24.0 Å². The summed E-state index contributed by atoms with van der Waals surface area (Å²) >= 11 is 0. The molecule has 0 bridgehead atoms. The number of nitriles is 1. The third kappa shape index (κ3) is 2.10. The van der Waals surface area contributed by atoms with Gasteiger partial charge in [0, 0.05) is 12.8 Å². The second-order valence-electron chi connectivity index (χ2n) is 7.50. The van der Waals surface area contributed by atoms with Gasteiger partial charge < -0.3 is 9.47 Å². The van der Waals surface area contributed by atoms with Gasteiger partial charge in [0.2, 0.25) is 11.8 Å². The summed E-state index contributed by atoms with van der Waals surface area (Å²) in [4.78, 5) is 9.51. The molecule has 2 aromatic rings. The minimum absolute atomic E-state index is 0.0181. The monoisotopic (exact) mass is 355 g/mol. The third-order valence-corrected chi connectivity index (χ3v) is 5.99. The van der Waals surface area contributed by atoms with Crippen LogP contribution in [0.4, 0.5) is 0 Å². The molecule has 5 heteroatoms. The molecule has 0 unspecified atom stereocenters. The van der Waals surface area contributed by atoms with E-state index < -0.39 is 5.92 Å². The van der Waals surface area contributed by atoms with Crippen LogP contribution in [-0.2, 0) is 22.3 Å². The predicted molar refractivity (Wildman–Crippen MR) is 99.5 cm³/mol. The van der Waals surface area contributed by atoms with Crippen molar-refractivity contribution in [2.75, 3.05) is 0 Å². The molecule has 0 N–H and O–H groups in total. The second-order valence-corrected chi connectivity index (χ2v) is 7.50. The van der Waals surface area contributed by atoms with E-state index in [1.54, 1.807) is 0 Å². The van der Waals surface area contributed by atoms with Gasteiger partial charge in [0.1, 0.15) is 24.3 Å². The SMILES string of the molecule is N#CC(C1=N[C@H]2c3ccccc3C[C@H]2O1)C1=N[C@H]2c3ccccc3C[C@H]2O1. The largest absolute Gasteiger partial charge is 0.473 e. The Balaban J connectivity index is 1.31. The Labute approximate surface area is 157 Å². The molecular formula is C22H17N3O2. The first-order valence-electron chi connectivity index (χ1n) is 9.36. The van der Waals surface area contributed by atoms with Crippen LogP contribution < -0.4 is 0 Å². The second kappa shape index (κ2) is 5.43.